The van der Waals surface area contributed by atoms with Crippen LogP contribution in [0.3, 0.4) is 0 Å². The van der Waals surface area contributed by atoms with Crippen LogP contribution in [0.25, 0.3) is 0 Å². The monoisotopic (exact) mass is 616 g/mol. The van der Waals surface area contributed by atoms with Crippen LogP contribution in [0, 0.1) is 5.92 Å². The molecule has 1 heterocycles. The number of methoxy groups -OCH3 is 1. The Bertz CT molecular complexity index is 1360. The predicted octanol–water partition coefficient (Wildman–Crippen LogP) is 3.62. The molecule has 3 atom stereocenters. The molecule has 4 rings (SSSR count). The number of nitrogens with zero attached hydrogens (tertiary/aromatic N) is 2. The summed E-state index contributed by atoms with van der Waals surface area (Å²) in [6.07, 6.45) is 4.68. The number of hydrogen-bond acceptors (Lipinski definition) is 7. The van der Waals surface area contributed by atoms with Crippen LogP contribution >= 0.6 is 0 Å². The van der Waals surface area contributed by atoms with E-state index in [9.17, 15) is 23.1 Å². The van der Waals surface area contributed by atoms with E-state index in [1.165, 1.54) is 37.0 Å². The highest BCUT2D eigenvalue weighted by atomic mass is 32.2. The summed E-state index contributed by atoms with van der Waals surface area (Å²) in [7, 11) is -0.835. The number of aliphatic hydroxyl groups excluding tert-OH is 1. The number of nitrogens with one attached hydrogen (secondary N) is 2. The number of likely N-dealkylation sites (N-methyl/N-ethyl adjacent to an activating group) is 1. The van der Waals surface area contributed by atoms with Crippen molar-refractivity contribution in [3.63, 3.8) is 0 Å². The zero-order valence-corrected chi connectivity index (χ0v) is 26.2. The second kappa shape index (κ2) is 14.4. The third-order valence-corrected chi connectivity index (χ3v) is 10.2. The smallest absolute Gasteiger partial charge is 0.319 e. The standard InChI is InChI=1S/C31H44N4O7S/c1-21-18-35(22(2)20-36)30(37)17-23-16-25(33-31(38)32-24-8-6-5-7-9-24)10-15-28(23)42-29(21)19-34(3)43(39,40)27-13-11-26(41-4)12-14-27/h10-16,21-22,24,29,36H,5-9,17-20H2,1-4H3,(H2,32,33,38)/t21-,22-,29+/m1/s1. The van der Waals surface area contributed by atoms with Gasteiger partial charge in [0.25, 0.3) is 0 Å². The van der Waals surface area contributed by atoms with Gasteiger partial charge in [-0.05, 0) is 62.2 Å². The molecule has 0 aromatic heterocycles. The minimum absolute atomic E-state index is 0.00113. The van der Waals surface area contributed by atoms with Gasteiger partial charge < -0.3 is 30.1 Å². The number of carbonyl (C=O) groups excluding carboxylic acids is 2. The van der Waals surface area contributed by atoms with E-state index in [4.69, 9.17) is 9.47 Å². The number of hydrogen-bond donors (Lipinski definition) is 3. The third kappa shape index (κ3) is 8.18. The number of fused-ring (bicyclic) bond motifs is 1. The second-order valence-corrected chi connectivity index (χ2v) is 13.6. The average molecular weight is 617 g/mol. The number of ether oxygens (including phenoxy) is 2. The zero-order chi connectivity index (χ0) is 31.1. The molecule has 12 heteroatoms. The summed E-state index contributed by atoms with van der Waals surface area (Å²) >= 11 is 0. The normalized spacial score (nSPS) is 20.7. The van der Waals surface area contributed by atoms with Crippen molar-refractivity contribution in [3.8, 4) is 11.5 Å². The largest absolute Gasteiger partial charge is 0.497 e. The van der Waals surface area contributed by atoms with Crippen molar-refractivity contribution >= 4 is 27.6 Å². The van der Waals surface area contributed by atoms with Crippen LogP contribution < -0.4 is 20.1 Å². The lowest BCUT2D eigenvalue weighted by Gasteiger charge is -2.33. The fourth-order valence-corrected chi connectivity index (χ4v) is 6.79. The first-order valence-electron chi connectivity index (χ1n) is 14.9. The average Bonchev–Trinajstić information content (AvgIpc) is 3.04. The van der Waals surface area contributed by atoms with Crippen LogP contribution in [0.2, 0.25) is 0 Å². The lowest BCUT2D eigenvalue weighted by atomic mass is 9.96. The topological polar surface area (TPSA) is 138 Å². The molecule has 2 aliphatic rings. The summed E-state index contributed by atoms with van der Waals surface area (Å²) in [5, 5.41) is 15.8. The highest BCUT2D eigenvalue weighted by Gasteiger charge is 2.33. The molecule has 1 fully saturated rings. The fourth-order valence-electron chi connectivity index (χ4n) is 5.60. The van der Waals surface area contributed by atoms with Crippen LogP contribution in [0.4, 0.5) is 10.5 Å². The Balaban J connectivity index is 1.59. The van der Waals surface area contributed by atoms with Crippen molar-refractivity contribution in [2.24, 2.45) is 5.92 Å². The fraction of sp³-hybridized carbons (Fsp3) is 0.548. The molecule has 0 spiro atoms. The van der Waals surface area contributed by atoms with E-state index in [2.05, 4.69) is 10.6 Å². The van der Waals surface area contributed by atoms with Gasteiger partial charge >= 0.3 is 6.03 Å². The van der Waals surface area contributed by atoms with E-state index in [1.54, 1.807) is 42.2 Å². The third-order valence-electron chi connectivity index (χ3n) is 8.32. The van der Waals surface area contributed by atoms with Crippen LogP contribution in [0.15, 0.2) is 47.4 Å². The van der Waals surface area contributed by atoms with Crippen molar-refractivity contribution in [3.05, 3.63) is 48.0 Å². The summed E-state index contributed by atoms with van der Waals surface area (Å²) in [4.78, 5) is 27.9. The number of anilines is 1. The van der Waals surface area contributed by atoms with Gasteiger partial charge in [0.15, 0.2) is 0 Å². The van der Waals surface area contributed by atoms with Crippen LogP contribution in [-0.4, -0.2) is 86.7 Å². The Morgan fingerprint density at radius 2 is 1.86 bits per heavy atom. The minimum Gasteiger partial charge on any atom is -0.497 e. The predicted molar refractivity (Wildman–Crippen MR) is 164 cm³/mol. The van der Waals surface area contributed by atoms with E-state index in [-0.39, 0.29) is 54.9 Å². The molecule has 1 saturated carbocycles. The number of carbonyl (C=O) groups is 2. The highest BCUT2D eigenvalue weighted by Crippen LogP contribution is 2.30. The molecule has 0 saturated heterocycles. The molecule has 0 bridgehead atoms. The Morgan fingerprint density at radius 3 is 2.51 bits per heavy atom. The first-order chi connectivity index (χ1) is 20.5. The molecule has 0 unspecified atom stereocenters. The molecule has 0 radical (unpaired) electrons. The Kier molecular flexibility index (Phi) is 10.9. The van der Waals surface area contributed by atoms with E-state index in [0.717, 1.165) is 25.7 Å². The number of aliphatic hydroxyl groups is 1. The number of sulfonamides is 1. The number of benzene rings is 2. The van der Waals surface area contributed by atoms with Gasteiger partial charge in [0, 0.05) is 36.8 Å². The van der Waals surface area contributed by atoms with Crippen molar-refractivity contribution < 1.29 is 32.6 Å². The number of urea groups is 1. The summed E-state index contributed by atoms with van der Waals surface area (Å²) in [6, 6.07) is 10.7. The van der Waals surface area contributed by atoms with Crippen LogP contribution in [0.1, 0.15) is 51.5 Å². The molecule has 236 valence electrons. The minimum atomic E-state index is -3.85. The maximum Gasteiger partial charge on any atom is 0.319 e. The van der Waals surface area contributed by atoms with Crippen LogP contribution in [0.5, 0.6) is 11.5 Å². The van der Waals surface area contributed by atoms with Gasteiger partial charge in [-0.1, -0.05) is 26.2 Å². The SMILES string of the molecule is COc1ccc(S(=O)(=O)N(C)C[C@@H]2Oc3ccc(NC(=O)NC4CCCCC4)cc3CC(=O)N([C@H](C)CO)C[C@H]2C)cc1. The summed E-state index contributed by atoms with van der Waals surface area (Å²) in [5.41, 5.74) is 1.09. The van der Waals surface area contributed by atoms with Gasteiger partial charge in [-0.15, -0.1) is 0 Å². The van der Waals surface area contributed by atoms with Crippen LogP contribution in [-0.2, 0) is 21.2 Å². The lowest BCUT2D eigenvalue weighted by molar-refractivity contribution is -0.134. The van der Waals surface area contributed by atoms with Gasteiger partial charge in [-0.3, -0.25) is 4.79 Å². The van der Waals surface area contributed by atoms with Crippen molar-refractivity contribution in [2.75, 3.05) is 39.2 Å². The lowest BCUT2D eigenvalue weighted by Crippen LogP contribution is -2.48. The Labute approximate surface area is 254 Å². The Hall–Kier alpha value is -3.35. The van der Waals surface area contributed by atoms with Gasteiger partial charge in [0.05, 0.1) is 37.6 Å². The molecule has 11 nitrogen and oxygen atoms in total. The van der Waals surface area contributed by atoms with Gasteiger partial charge in [0.1, 0.15) is 17.6 Å². The number of amides is 3. The molecular weight excluding hydrogens is 572 g/mol. The van der Waals surface area contributed by atoms with Crippen molar-refractivity contribution in [2.45, 2.75) is 75.5 Å². The highest BCUT2D eigenvalue weighted by molar-refractivity contribution is 7.89. The molecule has 1 aliphatic carbocycles. The van der Waals surface area contributed by atoms with E-state index in [0.29, 0.717) is 22.7 Å². The molecule has 3 N–H and O–H groups in total. The van der Waals surface area contributed by atoms with Crippen molar-refractivity contribution in [1.82, 2.24) is 14.5 Å². The first kappa shape index (κ1) is 32.6. The maximum absolute atomic E-state index is 13.5. The molecule has 1 aliphatic heterocycles. The summed E-state index contributed by atoms with van der Waals surface area (Å²) < 4.78 is 39.7. The van der Waals surface area contributed by atoms with Crippen molar-refractivity contribution in [1.29, 1.82) is 0 Å². The Morgan fingerprint density at radius 1 is 1.16 bits per heavy atom. The van der Waals surface area contributed by atoms with E-state index >= 15 is 0 Å². The zero-order valence-electron chi connectivity index (χ0n) is 25.4. The quantitative estimate of drug-likeness (QED) is 0.391. The molecule has 2 aromatic rings. The number of rotatable bonds is 9. The summed E-state index contributed by atoms with van der Waals surface area (Å²) in [6.45, 7) is 3.75. The van der Waals surface area contributed by atoms with E-state index in [1.807, 2.05) is 6.92 Å². The summed E-state index contributed by atoms with van der Waals surface area (Å²) in [5.74, 6) is 0.519. The first-order valence-corrected chi connectivity index (χ1v) is 16.3. The van der Waals surface area contributed by atoms with Gasteiger partial charge in [0.2, 0.25) is 15.9 Å². The van der Waals surface area contributed by atoms with E-state index < -0.39 is 22.2 Å². The maximum atomic E-state index is 13.5. The second-order valence-electron chi connectivity index (χ2n) is 11.6. The van der Waals surface area contributed by atoms with Gasteiger partial charge in [-0.2, -0.15) is 4.31 Å². The molecule has 2 aromatic carbocycles. The molecule has 3 amide bonds. The molecular formula is C31H44N4O7S. The molecule has 43 heavy (non-hydrogen) atoms. The van der Waals surface area contributed by atoms with Gasteiger partial charge in [-0.25, -0.2) is 13.2 Å².